The highest BCUT2D eigenvalue weighted by Crippen LogP contribution is 2.37. The highest BCUT2D eigenvalue weighted by atomic mass is 16.1. The highest BCUT2D eigenvalue weighted by Gasteiger charge is 2.33. The Hall–Kier alpha value is -3.25. The fraction of sp³-hybridized carbons (Fsp3) is 0.292. The summed E-state index contributed by atoms with van der Waals surface area (Å²) in [7, 11) is 3.91. The Morgan fingerprint density at radius 1 is 1.20 bits per heavy atom. The summed E-state index contributed by atoms with van der Waals surface area (Å²) >= 11 is 0. The Balaban J connectivity index is 1.60. The third-order valence-corrected chi connectivity index (χ3v) is 6.49. The zero-order chi connectivity index (χ0) is 20.8. The molecule has 152 valence electrons. The Kier molecular flexibility index (Phi) is 4.51. The fourth-order valence-electron chi connectivity index (χ4n) is 4.72. The number of nitrogens with zero attached hydrogens (tertiary/aromatic N) is 4. The second kappa shape index (κ2) is 7.22. The third-order valence-electron chi connectivity index (χ3n) is 6.49. The normalized spacial score (nSPS) is 21.5. The number of hydrogen-bond acceptors (Lipinski definition) is 5. The fourth-order valence-corrected chi connectivity index (χ4v) is 4.72. The number of aliphatic imine (C=N–C) groups is 1. The molecule has 2 aliphatic heterocycles. The number of hydrogen-bond donors (Lipinski definition) is 1. The second-order valence-electron chi connectivity index (χ2n) is 8.21. The van der Waals surface area contributed by atoms with Crippen molar-refractivity contribution in [1.29, 1.82) is 0 Å². The van der Waals surface area contributed by atoms with Crippen LogP contribution in [0.1, 0.15) is 30.4 Å². The second-order valence-corrected chi connectivity index (χ2v) is 8.21. The number of rotatable bonds is 3. The van der Waals surface area contributed by atoms with Gasteiger partial charge >= 0.3 is 0 Å². The maximum absolute atomic E-state index is 13.3. The lowest BCUT2D eigenvalue weighted by molar-refractivity contribution is 0.264. The van der Waals surface area contributed by atoms with Gasteiger partial charge in [-0.1, -0.05) is 12.1 Å². The molecular formula is C24H25N5O. The van der Waals surface area contributed by atoms with Crippen molar-refractivity contribution in [1.82, 2.24) is 14.5 Å². The van der Waals surface area contributed by atoms with Gasteiger partial charge in [-0.25, -0.2) is 4.98 Å². The zero-order valence-corrected chi connectivity index (χ0v) is 17.2. The molecule has 1 saturated heterocycles. The monoisotopic (exact) mass is 399 g/mol. The van der Waals surface area contributed by atoms with Crippen LogP contribution < -0.4 is 11.3 Å². The molecule has 1 fully saturated rings. The molecule has 5 rings (SSSR count). The molecule has 2 aliphatic rings. The summed E-state index contributed by atoms with van der Waals surface area (Å²) in [5.74, 6) is 0. The summed E-state index contributed by atoms with van der Waals surface area (Å²) in [5.41, 5.74) is 11.2. The van der Waals surface area contributed by atoms with Gasteiger partial charge in [0.2, 0.25) is 0 Å². The van der Waals surface area contributed by atoms with Crippen molar-refractivity contribution in [3.05, 3.63) is 70.3 Å². The average Bonchev–Trinajstić information content (AvgIpc) is 2.96. The average molecular weight is 399 g/mol. The molecule has 0 spiro atoms. The van der Waals surface area contributed by atoms with Crippen LogP contribution in [0, 0.1) is 0 Å². The van der Waals surface area contributed by atoms with Gasteiger partial charge in [-0.05, 0) is 67.8 Å². The Bertz CT molecular complexity index is 1260. The zero-order valence-electron chi connectivity index (χ0n) is 17.2. The minimum atomic E-state index is -0.0810. The number of aromatic nitrogens is 2. The lowest BCUT2D eigenvalue weighted by Crippen LogP contribution is -2.34. The number of likely N-dealkylation sites (N-methyl/N-ethyl adjacent to an activating group) is 1. The van der Waals surface area contributed by atoms with E-state index in [0.717, 1.165) is 23.2 Å². The van der Waals surface area contributed by atoms with Gasteiger partial charge < -0.3 is 5.73 Å². The van der Waals surface area contributed by atoms with Gasteiger partial charge in [0.1, 0.15) is 6.33 Å². The quantitative estimate of drug-likeness (QED) is 0.542. The molecule has 3 heterocycles. The van der Waals surface area contributed by atoms with E-state index in [-0.39, 0.29) is 5.56 Å². The molecule has 0 unspecified atom stereocenters. The van der Waals surface area contributed by atoms with Crippen molar-refractivity contribution in [2.45, 2.75) is 31.3 Å². The van der Waals surface area contributed by atoms with Crippen LogP contribution in [0.4, 0.5) is 5.69 Å². The van der Waals surface area contributed by atoms with Crippen LogP contribution in [-0.2, 0) is 0 Å². The first-order valence-corrected chi connectivity index (χ1v) is 10.3. The van der Waals surface area contributed by atoms with Gasteiger partial charge in [-0.15, -0.1) is 0 Å². The topological polar surface area (TPSA) is 76.5 Å². The van der Waals surface area contributed by atoms with E-state index >= 15 is 0 Å². The van der Waals surface area contributed by atoms with Crippen molar-refractivity contribution in [3.8, 4) is 5.69 Å². The Morgan fingerprint density at radius 3 is 2.87 bits per heavy atom. The van der Waals surface area contributed by atoms with Gasteiger partial charge in [0.25, 0.3) is 5.56 Å². The molecule has 3 aromatic rings. The maximum Gasteiger partial charge on any atom is 0.265 e. The van der Waals surface area contributed by atoms with Gasteiger partial charge in [-0.2, -0.15) is 0 Å². The minimum Gasteiger partial charge on any atom is -0.398 e. The molecule has 30 heavy (non-hydrogen) atoms. The molecule has 2 N–H and O–H groups in total. The number of benzene rings is 2. The van der Waals surface area contributed by atoms with E-state index in [2.05, 4.69) is 34.1 Å². The van der Waals surface area contributed by atoms with Crippen molar-refractivity contribution < 1.29 is 0 Å². The van der Waals surface area contributed by atoms with Crippen LogP contribution in [0.5, 0.6) is 0 Å². The Labute approximate surface area is 175 Å². The summed E-state index contributed by atoms with van der Waals surface area (Å²) in [4.78, 5) is 24.4. The molecule has 0 saturated carbocycles. The van der Waals surface area contributed by atoms with E-state index < -0.39 is 0 Å². The smallest absolute Gasteiger partial charge is 0.265 e. The van der Waals surface area contributed by atoms with Crippen LogP contribution in [0.2, 0.25) is 0 Å². The molecule has 1 aromatic heterocycles. The number of nitrogens with two attached hydrogens (primary N) is 1. The van der Waals surface area contributed by atoms with E-state index in [9.17, 15) is 4.79 Å². The number of anilines is 1. The van der Waals surface area contributed by atoms with Gasteiger partial charge in [0.15, 0.2) is 0 Å². The molecule has 2 aromatic carbocycles. The largest absolute Gasteiger partial charge is 0.398 e. The van der Waals surface area contributed by atoms with Crippen molar-refractivity contribution in [2.75, 3.05) is 19.8 Å². The van der Waals surface area contributed by atoms with Gasteiger partial charge in [0.05, 0.1) is 16.6 Å². The van der Waals surface area contributed by atoms with E-state index in [4.69, 9.17) is 5.73 Å². The molecule has 2 bridgehead atoms. The molecule has 0 amide bonds. The predicted molar refractivity (Wildman–Crippen MR) is 122 cm³/mol. The Morgan fingerprint density at radius 2 is 2.07 bits per heavy atom. The number of nitrogen functional groups attached to an aromatic ring is 1. The lowest BCUT2D eigenvalue weighted by Gasteiger charge is -2.30. The van der Waals surface area contributed by atoms with E-state index in [1.165, 1.54) is 18.4 Å². The van der Waals surface area contributed by atoms with Crippen molar-refractivity contribution in [3.63, 3.8) is 0 Å². The maximum atomic E-state index is 13.3. The summed E-state index contributed by atoms with van der Waals surface area (Å²) in [6.07, 6.45) is 9.13. The van der Waals surface area contributed by atoms with E-state index in [0.29, 0.717) is 28.7 Å². The van der Waals surface area contributed by atoms with Crippen LogP contribution in [0.3, 0.4) is 0 Å². The standard InChI is InChI=1S/C24H25N5O/c1-26-13-17-11-20(6-7-22(17)25)29-14-27-23-8-3-15(12-21(23)24(29)30)16-9-18-4-5-19(10-16)28(18)2/h3,6-9,11-14,18-19H,4-5,10,25H2,1-2H3/t18-,19+/m1/s1. The first-order chi connectivity index (χ1) is 14.5. The van der Waals surface area contributed by atoms with Crippen LogP contribution in [-0.4, -0.2) is 46.8 Å². The first-order valence-electron chi connectivity index (χ1n) is 10.3. The molecular weight excluding hydrogens is 374 g/mol. The number of fused-ring (bicyclic) bond motifs is 3. The first kappa shape index (κ1) is 18.8. The van der Waals surface area contributed by atoms with E-state index in [1.807, 2.05) is 24.3 Å². The van der Waals surface area contributed by atoms with Crippen LogP contribution in [0.25, 0.3) is 22.2 Å². The van der Waals surface area contributed by atoms with Crippen LogP contribution >= 0.6 is 0 Å². The van der Waals surface area contributed by atoms with Crippen molar-refractivity contribution >= 4 is 28.4 Å². The lowest BCUT2D eigenvalue weighted by atomic mass is 9.94. The van der Waals surface area contributed by atoms with Gasteiger partial charge in [-0.3, -0.25) is 19.3 Å². The van der Waals surface area contributed by atoms with Crippen molar-refractivity contribution in [2.24, 2.45) is 4.99 Å². The third kappa shape index (κ3) is 3.04. The summed E-state index contributed by atoms with van der Waals surface area (Å²) < 4.78 is 1.57. The summed E-state index contributed by atoms with van der Waals surface area (Å²) in [5, 5.41) is 0.629. The van der Waals surface area contributed by atoms with Crippen LogP contribution in [0.15, 0.2) is 58.6 Å². The van der Waals surface area contributed by atoms with Gasteiger partial charge in [0, 0.05) is 36.6 Å². The molecule has 2 atom stereocenters. The summed E-state index contributed by atoms with van der Waals surface area (Å²) in [6, 6.07) is 12.6. The molecule has 6 nitrogen and oxygen atoms in total. The SMILES string of the molecule is CN=Cc1cc(-n2cnc3ccc(C4=C[C@H]5CC[C@@H](C4)N5C)cc3c2=O)ccc1N. The molecule has 0 radical (unpaired) electrons. The minimum absolute atomic E-state index is 0.0810. The highest BCUT2D eigenvalue weighted by molar-refractivity contribution is 5.88. The summed E-state index contributed by atoms with van der Waals surface area (Å²) in [6.45, 7) is 0. The predicted octanol–water partition coefficient (Wildman–Crippen LogP) is 3.27. The molecule has 0 aliphatic carbocycles. The molecule has 6 heteroatoms. The van der Waals surface area contributed by atoms with E-state index in [1.54, 1.807) is 30.2 Å².